The van der Waals surface area contributed by atoms with Crippen molar-refractivity contribution in [3.63, 3.8) is 0 Å². The molecule has 0 fully saturated rings. The number of nitrogens with zero attached hydrogens (tertiary/aromatic N) is 1. The molecular weight excluding hydrogens is 378 g/mol. The van der Waals surface area contributed by atoms with Crippen molar-refractivity contribution in [2.75, 3.05) is 26.4 Å². The number of hydrogen-bond acceptors (Lipinski definition) is 6. The summed E-state index contributed by atoms with van der Waals surface area (Å²) in [5, 5.41) is 21.2. The van der Waals surface area contributed by atoms with Gasteiger partial charge in [-0.05, 0) is 29.0 Å². The van der Waals surface area contributed by atoms with Crippen LogP contribution in [-0.4, -0.2) is 53.2 Å². The van der Waals surface area contributed by atoms with Crippen LogP contribution in [0.25, 0.3) is 0 Å². The minimum Gasteiger partial charge on any atom is -0.503 e. The Hall–Kier alpha value is -2.48. The quantitative estimate of drug-likeness (QED) is 0.498. The number of aliphatic hydroxyl groups is 2. The fourth-order valence-electron chi connectivity index (χ4n) is 3.27. The summed E-state index contributed by atoms with van der Waals surface area (Å²) in [6.45, 7) is 2.50. The fourth-order valence-corrected chi connectivity index (χ4v) is 3.95. The minimum absolute atomic E-state index is 0.0962. The van der Waals surface area contributed by atoms with Crippen LogP contribution in [0.2, 0.25) is 0 Å². The van der Waals surface area contributed by atoms with Gasteiger partial charge >= 0.3 is 0 Å². The zero-order valence-corrected chi connectivity index (χ0v) is 16.4. The fraction of sp³-hybridized carbons (Fsp3) is 0.333. The number of thiophene rings is 1. The number of ether oxygens (including phenoxy) is 1. The summed E-state index contributed by atoms with van der Waals surface area (Å²) in [5.41, 5.74) is 2.00. The number of Topliss-reactive ketones (excluding diaryl/α,β-unsaturated/α-hetero) is 1. The molecule has 1 aliphatic rings. The zero-order valence-electron chi connectivity index (χ0n) is 15.6. The topological polar surface area (TPSA) is 87.1 Å². The SMILES string of the molecule is CCc1ccc([C@@H]2C(C(=O)c3cccs3)=C(O)C(=O)N2CCOCCO)cc1. The molecule has 1 amide bonds. The number of ketones is 1. The molecule has 1 aliphatic heterocycles. The number of benzene rings is 1. The van der Waals surface area contributed by atoms with Crippen molar-refractivity contribution in [1.82, 2.24) is 4.90 Å². The lowest BCUT2D eigenvalue weighted by Crippen LogP contribution is -2.34. The number of hydrogen-bond donors (Lipinski definition) is 2. The number of aliphatic hydroxyl groups excluding tert-OH is 2. The van der Waals surface area contributed by atoms with Crippen LogP contribution in [0.1, 0.15) is 33.8 Å². The monoisotopic (exact) mass is 401 g/mol. The molecule has 0 unspecified atom stereocenters. The summed E-state index contributed by atoms with van der Waals surface area (Å²) < 4.78 is 5.29. The van der Waals surface area contributed by atoms with Crippen molar-refractivity contribution in [2.45, 2.75) is 19.4 Å². The molecule has 0 saturated heterocycles. The van der Waals surface area contributed by atoms with E-state index in [9.17, 15) is 14.7 Å². The number of carbonyl (C=O) groups is 2. The lowest BCUT2D eigenvalue weighted by molar-refractivity contribution is -0.130. The Kier molecular flexibility index (Phi) is 6.61. The van der Waals surface area contributed by atoms with E-state index in [0.717, 1.165) is 17.5 Å². The largest absolute Gasteiger partial charge is 0.503 e. The second-order valence-corrected chi connectivity index (χ2v) is 7.35. The van der Waals surface area contributed by atoms with E-state index < -0.39 is 17.7 Å². The van der Waals surface area contributed by atoms with Crippen molar-refractivity contribution < 1.29 is 24.5 Å². The van der Waals surface area contributed by atoms with Crippen molar-refractivity contribution in [3.8, 4) is 0 Å². The highest BCUT2D eigenvalue weighted by Gasteiger charge is 2.43. The van der Waals surface area contributed by atoms with Gasteiger partial charge in [-0.25, -0.2) is 0 Å². The van der Waals surface area contributed by atoms with E-state index in [-0.39, 0.29) is 37.7 Å². The van der Waals surface area contributed by atoms with Gasteiger partial charge < -0.3 is 19.8 Å². The lowest BCUT2D eigenvalue weighted by Gasteiger charge is -2.26. The number of rotatable bonds is 9. The molecule has 6 nitrogen and oxygen atoms in total. The van der Waals surface area contributed by atoms with Gasteiger partial charge in [-0.2, -0.15) is 0 Å². The Morgan fingerprint density at radius 3 is 2.57 bits per heavy atom. The minimum atomic E-state index is -0.675. The van der Waals surface area contributed by atoms with E-state index in [1.807, 2.05) is 24.3 Å². The second kappa shape index (κ2) is 9.14. The third-order valence-corrected chi connectivity index (χ3v) is 5.58. The van der Waals surface area contributed by atoms with Gasteiger partial charge in [0.1, 0.15) is 0 Å². The molecule has 28 heavy (non-hydrogen) atoms. The molecule has 148 valence electrons. The van der Waals surface area contributed by atoms with E-state index >= 15 is 0 Å². The van der Waals surface area contributed by atoms with Crippen molar-refractivity contribution in [1.29, 1.82) is 0 Å². The van der Waals surface area contributed by atoms with Gasteiger partial charge in [0.05, 0.1) is 36.3 Å². The van der Waals surface area contributed by atoms with Gasteiger partial charge in [0.2, 0.25) is 5.78 Å². The average Bonchev–Trinajstić information content (AvgIpc) is 3.33. The molecule has 0 radical (unpaired) electrons. The molecule has 1 aromatic carbocycles. The maximum absolute atomic E-state index is 13.0. The summed E-state index contributed by atoms with van der Waals surface area (Å²) in [5.74, 6) is -1.44. The summed E-state index contributed by atoms with van der Waals surface area (Å²) in [7, 11) is 0. The summed E-state index contributed by atoms with van der Waals surface area (Å²) in [6, 6.07) is 10.5. The predicted octanol–water partition coefficient (Wildman–Crippen LogP) is 2.90. The smallest absolute Gasteiger partial charge is 0.290 e. The molecule has 2 aromatic rings. The molecule has 3 rings (SSSR count). The molecular formula is C21H23NO5S. The molecule has 1 aromatic heterocycles. The second-order valence-electron chi connectivity index (χ2n) is 6.40. The molecule has 0 saturated carbocycles. The van der Waals surface area contributed by atoms with Crippen molar-refractivity contribution in [3.05, 3.63) is 69.1 Å². The first-order valence-electron chi connectivity index (χ1n) is 9.18. The van der Waals surface area contributed by atoms with Crippen molar-refractivity contribution in [2.24, 2.45) is 0 Å². The van der Waals surface area contributed by atoms with Gasteiger partial charge in [-0.15, -0.1) is 11.3 Å². The van der Waals surface area contributed by atoms with Gasteiger partial charge in [-0.3, -0.25) is 9.59 Å². The molecule has 2 N–H and O–H groups in total. The number of amides is 1. The van der Waals surface area contributed by atoms with Crippen LogP contribution in [-0.2, 0) is 16.0 Å². The normalized spacial score (nSPS) is 16.9. The summed E-state index contributed by atoms with van der Waals surface area (Å²) >= 11 is 1.27. The maximum Gasteiger partial charge on any atom is 0.290 e. The van der Waals surface area contributed by atoms with Crippen LogP contribution in [0.4, 0.5) is 0 Å². The highest BCUT2D eigenvalue weighted by molar-refractivity contribution is 7.12. The standard InChI is InChI=1S/C21H23NO5S/c1-2-14-5-7-15(8-6-14)18-17(19(24)16-4-3-13-28-16)20(25)21(26)22(18)9-11-27-12-10-23/h3-8,13,18,23,25H,2,9-12H2,1H3/t18-/m1/s1. The molecule has 0 aliphatic carbocycles. The van der Waals surface area contributed by atoms with Gasteiger partial charge in [-0.1, -0.05) is 37.3 Å². The summed E-state index contributed by atoms with van der Waals surface area (Å²) in [6.07, 6.45) is 0.880. The van der Waals surface area contributed by atoms with Crippen LogP contribution in [0.5, 0.6) is 0 Å². The number of aryl methyl sites for hydroxylation is 1. The lowest BCUT2D eigenvalue weighted by atomic mass is 9.94. The Bertz CT molecular complexity index is 857. The Morgan fingerprint density at radius 2 is 1.96 bits per heavy atom. The predicted molar refractivity (Wildman–Crippen MR) is 106 cm³/mol. The first kappa shape index (κ1) is 20.3. The van der Waals surface area contributed by atoms with Gasteiger partial charge in [0.15, 0.2) is 5.76 Å². The van der Waals surface area contributed by atoms with E-state index in [1.54, 1.807) is 17.5 Å². The highest BCUT2D eigenvalue weighted by Crippen LogP contribution is 2.39. The van der Waals surface area contributed by atoms with Crippen molar-refractivity contribution >= 4 is 23.0 Å². The van der Waals surface area contributed by atoms with Crippen LogP contribution in [0.15, 0.2) is 53.1 Å². The highest BCUT2D eigenvalue weighted by atomic mass is 32.1. The van der Waals surface area contributed by atoms with Crippen LogP contribution in [0, 0.1) is 0 Å². The third-order valence-electron chi connectivity index (χ3n) is 4.71. The Morgan fingerprint density at radius 1 is 1.21 bits per heavy atom. The number of carbonyl (C=O) groups excluding carboxylic acids is 2. The van der Waals surface area contributed by atoms with E-state index in [1.165, 1.54) is 16.2 Å². The summed E-state index contributed by atoms with van der Waals surface area (Å²) in [4.78, 5) is 27.7. The van der Waals surface area contributed by atoms with E-state index in [4.69, 9.17) is 9.84 Å². The van der Waals surface area contributed by atoms with E-state index in [0.29, 0.717) is 4.88 Å². The van der Waals surface area contributed by atoms with Crippen LogP contribution in [0.3, 0.4) is 0 Å². The molecule has 2 heterocycles. The Labute approximate surface area is 167 Å². The molecule has 1 atom stereocenters. The Balaban J connectivity index is 1.96. The molecule has 7 heteroatoms. The van der Waals surface area contributed by atoms with E-state index in [2.05, 4.69) is 6.92 Å². The zero-order chi connectivity index (χ0) is 20.1. The van der Waals surface area contributed by atoms with Crippen LogP contribution >= 0.6 is 11.3 Å². The molecule has 0 spiro atoms. The average molecular weight is 401 g/mol. The maximum atomic E-state index is 13.0. The van der Waals surface area contributed by atoms with Gasteiger partial charge in [0.25, 0.3) is 5.91 Å². The third kappa shape index (κ3) is 4.01. The van der Waals surface area contributed by atoms with Gasteiger partial charge in [0, 0.05) is 6.54 Å². The first-order chi connectivity index (χ1) is 13.6. The van der Waals surface area contributed by atoms with Crippen LogP contribution < -0.4 is 0 Å². The molecule has 0 bridgehead atoms. The first-order valence-corrected chi connectivity index (χ1v) is 10.1.